The molecule has 4 nitrogen and oxygen atoms in total. The molecule has 2 unspecified atom stereocenters. The molecule has 0 radical (unpaired) electrons. The van der Waals surface area contributed by atoms with Gasteiger partial charge in [0, 0.05) is 5.38 Å². The van der Waals surface area contributed by atoms with Crippen molar-refractivity contribution in [2.45, 2.75) is 39.8 Å². The SMILES string of the molecule is Cc1ccc(C(C)NC(=O)c2csc(C(C)N)n2)c(C)c1. The lowest BCUT2D eigenvalue weighted by Gasteiger charge is -2.16. The zero-order chi connectivity index (χ0) is 15.6. The Morgan fingerprint density at radius 3 is 2.62 bits per heavy atom. The van der Waals surface area contributed by atoms with Crippen molar-refractivity contribution < 1.29 is 4.79 Å². The molecule has 0 aliphatic carbocycles. The molecule has 0 aliphatic rings. The number of benzene rings is 1. The average molecular weight is 303 g/mol. The number of nitrogens with zero attached hydrogens (tertiary/aromatic N) is 1. The summed E-state index contributed by atoms with van der Waals surface area (Å²) < 4.78 is 0. The molecule has 1 heterocycles. The molecule has 0 saturated carbocycles. The molecular formula is C16H21N3OS. The lowest BCUT2D eigenvalue weighted by molar-refractivity contribution is 0.0935. The summed E-state index contributed by atoms with van der Waals surface area (Å²) in [5.74, 6) is -0.161. The van der Waals surface area contributed by atoms with Gasteiger partial charge in [-0.25, -0.2) is 4.98 Å². The van der Waals surface area contributed by atoms with Gasteiger partial charge in [0.2, 0.25) is 0 Å². The maximum absolute atomic E-state index is 12.2. The number of nitrogens with two attached hydrogens (primary N) is 1. The van der Waals surface area contributed by atoms with Gasteiger partial charge in [0.15, 0.2) is 0 Å². The summed E-state index contributed by atoms with van der Waals surface area (Å²) >= 11 is 1.42. The van der Waals surface area contributed by atoms with Gasteiger partial charge in [0.25, 0.3) is 5.91 Å². The van der Waals surface area contributed by atoms with Crippen LogP contribution in [0.5, 0.6) is 0 Å². The van der Waals surface area contributed by atoms with E-state index in [-0.39, 0.29) is 18.0 Å². The Hall–Kier alpha value is -1.72. The summed E-state index contributed by atoms with van der Waals surface area (Å²) in [7, 11) is 0. The molecule has 2 rings (SSSR count). The molecule has 0 fully saturated rings. The number of thiazole rings is 1. The van der Waals surface area contributed by atoms with E-state index in [4.69, 9.17) is 5.73 Å². The zero-order valence-corrected chi connectivity index (χ0v) is 13.6. The Bertz CT molecular complexity index is 649. The molecule has 1 amide bonds. The van der Waals surface area contributed by atoms with E-state index >= 15 is 0 Å². The monoisotopic (exact) mass is 303 g/mol. The van der Waals surface area contributed by atoms with Crippen molar-refractivity contribution in [3.8, 4) is 0 Å². The van der Waals surface area contributed by atoms with Gasteiger partial charge in [-0.15, -0.1) is 11.3 Å². The van der Waals surface area contributed by atoms with Gasteiger partial charge in [-0.2, -0.15) is 0 Å². The Morgan fingerprint density at radius 2 is 2.05 bits per heavy atom. The van der Waals surface area contributed by atoms with E-state index < -0.39 is 0 Å². The minimum absolute atomic E-state index is 0.0569. The first-order valence-corrected chi connectivity index (χ1v) is 7.85. The fraction of sp³-hybridized carbons (Fsp3) is 0.375. The second kappa shape index (κ2) is 6.37. The number of hydrogen-bond acceptors (Lipinski definition) is 4. The average Bonchev–Trinajstić information content (AvgIpc) is 2.88. The van der Waals surface area contributed by atoms with Crippen LogP contribution in [0, 0.1) is 13.8 Å². The summed E-state index contributed by atoms with van der Waals surface area (Å²) in [6.07, 6.45) is 0. The maximum Gasteiger partial charge on any atom is 0.271 e. The fourth-order valence-electron chi connectivity index (χ4n) is 2.26. The van der Waals surface area contributed by atoms with Crippen LogP contribution in [-0.4, -0.2) is 10.9 Å². The van der Waals surface area contributed by atoms with Crippen LogP contribution in [0.25, 0.3) is 0 Å². The predicted molar refractivity (Wildman–Crippen MR) is 86.5 cm³/mol. The standard InChI is InChI=1S/C16H21N3OS/c1-9-5-6-13(10(2)7-9)12(4)18-15(20)14-8-21-16(19-14)11(3)17/h5-8,11-12H,17H2,1-4H3,(H,18,20). The van der Waals surface area contributed by atoms with Crippen LogP contribution in [0.1, 0.15) is 58.1 Å². The van der Waals surface area contributed by atoms with Crippen molar-refractivity contribution in [3.63, 3.8) is 0 Å². The molecule has 1 aromatic carbocycles. The van der Waals surface area contributed by atoms with E-state index in [0.717, 1.165) is 10.6 Å². The number of aromatic nitrogens is 1. The Labute approximate surface area is 129 Å². The van der Waals surface area contributed by atoms with E-state index in [9.17, 15) is 4.79 Å². The molecule has 2 aromatic rings. The Morgan fingerprint density at radius 1 is 1.33 bits per heavy atom. The first-order chi connectivity index (χ1) is 9.88. The number of aryl methyl sites for hydroxylation is 2. The normalized spacial score (nSPS) is 13.8. The third kappa shape index (κ3) is 3.68. The first kappa shape index (κ1) is 15.7. The van der Waals surface area contributed by atoms with E-state index in [0.29, 0.717) is 5.69 Å². The lowest BCUT2D eigenvalue weighted by Crippen LogP contribution is -2.27. The second-order valence-corrected chi connectivity index (χ2v) is 6.30. The van der Waals surface area contributed by atoms with Crippen LogP contribution in [0.15, 0.2) is 23.6 Å². The Balaban J connectivity index is 2.11. The van der Waals surface area contributed by atoms with E-state index in [1.807, 2.05) is 13.8 Å². The number of rotatable bonds is 4. The van der Waals surface area contributed by atoms with Gasteiger partial charge in [0.05, 0.1) is 12.1 Å². The molecule has 21 heavy (non-hydrogen) atoms. The van der Waals surface area contributed by atoms with Gasteiger partial charge < -0.3 is 11.1 Å². The van der Waals surface area contributed by atoms with Crippen LogP contribution >= 0.6 is 11.3 Å². The van der Waals surface area contributed by atoms with Gasteiger partial charge in [-0.3, -0.25) is 4.79 Å². The van der Waals surface area contributed by atoms with Crippen molar-refractivity contribution in [2.75, 3.05) is 0 Å². The van der Waals surface area contributed by atoms with Crippen LogP contribution in [-0.2, 0) is 0 Å². The molecule has 2 atom stereocenters. The topological polar surface area (TPSA) is 68.0 Å². The highest BCUT2D eigenvalue weighted by Crippen LogP contribution is 2.20. The summed E-state index contributed by atoms with van der Waals surface area (Å²) in [6, 6.07) is 6.04. The quantitative estimate of drug-likeness (QED) is 0.911. The molecule has 0 bridgehead atoms. The minimum Gasteiger partial charge on any atom is -0.344 e. The third-order valence-electron chi connectivity index (χ3n) is 3.38. The van der Waals surface area contributed by atoms with Crippen LogP contribution in [0.3, 0.4) is 0 Å². The molecule has 0 spiro atoms. The van der Waals surface area contributed by atoms with E-state index in [1.54, 1.807) is 5.38 Å². The molecule has 0 aliphatic heterocycles. The fourth-order valence-corrected chi connectivity index (χ4v) is 3.02. The van der Waals surface area contributed by atoms with Crippen molar-refractivity contribution in [1.29, 1.82) is 0 Å². The number of nitrogens with one attached hydrogen (secondary N) is 1. The predicted octanol–water partition coefficient (Wildman–Crippen LogP) is 3.27. The molecule has 5 heteroatoms. The second-order valence-electron chi connectivity index (χ2n) is 5.41. The van der Waals surface area contributed by atoms with Crippen molar-refractivity contribution in [2.24, 2.45) is 5.73 Å². The van der Waals surface area contributed by atoms with Crippen molar-refractivity contribution in [1.82, 2.24) is 10.3 Å². The summed E-state index contributed by atoms with van der Waals surface area (Å²) in [4.78, 5) is 16.5. The van der Waals surface area contributed by atoms with Gasteiger partial charge in [-0.1, -0.05) is 23.8 Å². The lowest BCUT2D eigenvalue weighted by atomic mass is 10.0. The molecule has 1 aromatic heterocycles. The van der Waals surface area contributed by atoms with Crippen LogP contribution in [0.2, 0.25) is 0 Å². The molecule has 0 saturated heterocycles. The van der Waals surface area contributed by atoms with Crippen molar-refractivity contribution in [3.05, 3.63) is 51.0 Å². The third-order valence-corrected chi connectivity index (χ3v) is 4.43. The highest BCUT2D eigenvalue weighted by atomic mass is 32.1. The van der Waals surface area contributed by atoms with Crippen LogP contribution < -0.4 is 11.1 Å². The number of carbonyl (C=O) groups excluding carboxylic acids is 1. The van der Waals surface area contributed by atoms with Gasteiger partial charge in [0.1, 0.15) is 10.7 Å². The van der Waals surface area contributed by atoms with Gasteiger partial charge >= 0.3 is 0 Å². The first-order valence-electron chi connectivity index (χ1n) is 6.97. The summed E-state index contributed by atoms with van der Waals surface area (Å²) in [6.45, 7) is 7.96. The van der Waals surface area contributed by atoms with Gasteiger partial charge in [-0.05, 0) is 38.8 Å². The summed E-state index contributed by atoms with van der Waals surface area (Å²) in [5.41, 5.74) is 9.72. The highest BCUT2D eigenvalue weighted by Gasteiger charge is 2.16. The van der Waals surface area contributed by atoms with E-state index in [1.165, 1.54) is 22.5 Å². The van der Waals surface area contributed by atoms with E-state index in [2.05, 4.69) is 42.3 Å². The van der Waals surface area contributed by atoms with Crippen LogP contribution in [0.4, 0.5) is 0 Å². The summed E-state index contributed by atoms with van der Waals surface area (Å²) in [5, 5.41) is 5.52. The molecule has 3 N–H and O–H groups in total. The molecule has 112 valence electrons. The smallest absolute Gasteiger partial charge is 0.271 e. The number of hydrogen-bond donors (Lipinski definition) is 2. The highest BCUT2D eigenvalue weighted by molar-refractivity contribution is 7.09. The van der Waals surface area contributed by atoms with Crippen molar-refractivity contribution >= 4 is 17.2 Å². The largest absolute Gasteiger partial charge is 0.344 e. The zero-order valence-electron chi connectivity index (χ0n) is 12.8. The Kier molecular flexibility index (Phi) is 4.75. The number of carbonyl (C=O) groups is 1. The number of amides is 1. The molecular weight excluding hydrogens is 282 g/mol. The maximum atomic E-state index is 12.2. The minimum atomic E-state index is -0.161.